The molecule has 0 radical (unpaired) electrons. The first-order chi connectivity index (χ1) is 9.22. The minimum absolute atomic E-state index is 0.00623. The molecule has 2 aliphatic rings. The van der Waals surface area contributed by atoms with Gasteiger partial charge in [0.05, 0.1) is 5.92 Å². The van der Waals surface area contributed by atoms with Crippen LogP contribution in [-0.2, 0) is 4.79 Å². The monoisotopic (exact) mass is 262 g/mol. The maximum absolute atomic E-state index is 10.8. The molecule has 0 amide bonds. The molecule has 3 N–H and O–H groups in total. The van der Waals surface area contributed by atoms with Gasteiger partial charge in [-0.1, -0.05) is 12.8 Å². The van der Waals surface area contributed by atoms with Crippen molar-refractivity contribution in [3.05, 3.63) is 12.4 Å². The summed E-state index contributed by atoms with van der Waals surface area (Å²) >= 11 is 0. The Morgan fingerprint density at radius 3 is 2.53 bits per heavy atom. The Balaban J connectivity index is 1.58. The molecule has 1 heterocycles. The number of hydrogen-bond donors (Lipinski definition) is 3. The molecule has 0 saturated heterocycles. The third kappa shape index (κ3) is 2.94. The summed E-state index contributed by atoms with van der Waals surface area (Å²) in [6.07, 6.45) is 7.11. The van der Waals surface area contributed by atoms with Crippen LogP contribution in [0.1, 0.15) is 32.1 Å². The van der Waals surface area contributed by atoms with Crippen LogP contribution in [0.3, 0.4) is 0 Å². The van der Waals surface area contributed by atoms with Gasteiger partial charge in [-0.3, -0.25) is 4.79 Å². The van der Waals surface area contributed by atoms with Gasteiger partial charge in [0.25, 0.3) is 0 Å². The predicted molar refractivity (Wildman–Crippen MR) is 71.1 cm³/mol. The van der Waals surface area contributed by atoms with Crippen molar-refractivity contribution in [2.75, 3.05) is 10.6 Å². The minimum Gasteiger partial charge on any atom is -0.481 e. The molecule has 2 atom stereocenters. The Bertz CT molecular complexity index is 473. The number of anilines is 2. The molecular formula is C13H18N4O2. The lowest BCUT2D eigenvalue weighted by Crippen LogP contribution is -2.16. The van der Waals surface area contributed by atoms with Crippen LogP contribution < -0.4 is 10.6 Å². The average Bonchev–Trinajstić information content (AvgIpc) is 2.96. The van der Waals surface area contributed by atoms with Gasteiger partial charge in [-0.05, 0) is 19.3 Å². The minimum atomic E-state index is -0.740. The first kappa shape index (κ1) is 12.2. The van der Waals surface area contributed by atoms with Crippen molar-refractivity contribution in [2.45, 2.75) is 44.2 Å². The molecule has 19 heavy (non-hydrogen) atoms. The second-order valence-electron chi connectivity index (χ2n) is 5.35. The summed E-state index contributed by atoms with van der Waals surface area (Å²) in [6, 6.07) is 2.37. The number of carboxylic acid groups (broad SMARTS) is 1. The van der Waals surface area contributed by atoms with E-state index in [1.165, 1.54) is 32.0 Å². The summed E-state index contributed by atoms with van der Waals surface area (Å²) in [4.78, 5) is 19.1. The van der Waals surface area contributed by atoms with Gasteiger partial charge in [0, 0.05) is 18.2 Å². The van der Waals surface area contributed by atoms with E-state index < -0.39 is 5.97 Å². The molecule has 102 valence electrons. The van der Waals surface area contributed by atoms with Crippen LogP contribution in [0.2, 0.25) is 0 Å². The predicted octanol–water partition coefficient (Wildman–Crippen LogP) is 1.72. The van der Waals surface area contributed by atoms with Gasteiger partial charge in [-0.25, -0.2) is 9.97 Å². The maximum Gasteiger partial charge on any atom is 0.308 e. The van der Waals surface area contributed by atoms with Crippen molar-refractivity contribution in [2.24, 2.45) is 5.92 Å². The van der Waals surface area contributed by atoms with E-state index in [1.807, 2.05) is 6.07 Å². The summed E-state index contributed by atoms with van der Waals surface area (Å²) in [5, 5.41) is 15.4. The number of carbonyl (C=O) groups is 1. The summed E-state index contributed by atoms with van der Waals surface area (Å²) in [5.74, 6) is 0.498. The fraction of sp³-hybridized carbons (Fsp3) is 0.615. The topological polar surface area (TPSA) is 87.1 Å². The highest BCUT2D eigenvalue weighted by atomic mass is 16.4. The van der Waals surface area contributed by atoms with Gasteiger partial charge in [0.15, 0.2) is 0 Å². The fourth-order valence-corrected chi connectivity index (χ4v) is 2.61. The smallest absolute Gasteiger partial charge is 0.308 e. The Labute approximate surface area is 111 Å². The summed E-state index contributed by atoms with van der Waals surface area (Å²) < 4.78 is 0. The quantitative estimate of drug-likeness (QED) is 0.749. The van der Waals surface area contributed by atoms with Crippen LogP contribution in [0.15, 0.2) is 12.4 Å². The zero-order valence-corrected chi connectivity index (χ0v) is 10.7. The summed E-state index contributed by atoms with van der Waals surface area (Å²) in [5.41, 5.74) is 0. The zero-order valence-electron chi connectivity index (χ0n) is 10.7. The van der Waals surface area contributed by atoms with Crippen LogP contribution in [0.5, 0.6) is 0 Å². The van der Waals surface area contributed by atoms with E-state index in [0.717, 1.165) is 5.82 Å². The molecule has 2 unspecified atom stereocenters. The number of aliphatic carboxylic acids is 1. The first-order valence-electron chi connectivity index (χ1n) is 6.80. The van der Waals surface area contributed by atoms with Crippen molar-refractivity contribution in [1.29, 1.82) is 0 Å². The molecular weight excluding hydrogens is 244 g/mol. The molecule has 0 bridgehead atoms. The molecule has 6 heteroatoms. The highest BCUT2D eigenvalue weighted by molar-refractivity contribution is 5.75. The molecule has 0 aromatic carbocycles. The molecule has 0 spiro atoms. The lowest BCUT2D eigenvalue weighted by Gasteiger charge is -2.13. The van der Waals surface area contributed by atoms with E-state index in [4.69, 9.17) is 5.11 Å². The van der Waals surface area contributed by atoms with Crippen LogP contribution >= 0.6 is 0 Å². The summed E-state index contributed by atoms with van der Waals surface area (Å²) in [6.45, 7) is 0. The van der Waals surface area contributed by atoms with Gasteiger partial charge < -0.3 is 15.7 Å². The average molecular weight is 262 g/mol. The summed E-state index contributed by atoms with van der Waals surface area (Å²) in [7, 11) is 0. The fourth-order valence-electron chi connectivity index (χ4n) is 2.61. The second kappa shape index (κ2) is 5.03. The van der Waals surface area contributed by atoms with Crippen LogP contribution in [0.4, 0.5) is 11.6 Å². The van der Waals surface area contributed by atoms with Crippen LogP contribution in [-0.4, -0.2) is 33.1 Å². The number of rotatable bonds is 5. The van der Waals surface area contributed by atoms with Gasteiger partial charge in [0.2, 0.25) is 0 Å². The molecule has 2 aliphatic carbocycles. The number of hydrogen-bond acceptors (Lipinski definition) is 5. The molecule has 1 aromatic rings. The third-order valence-electron chi connectivity index (χ3n) is 3.82. The lowest BCUT2D eigenvalue weighted by atomic mass is 10.2. The Hall–Kier alpha value is -1.85. The van der Waals surface area contributed by atoms with E-state index in [1.54, 1.807) is 0 Å². The van der Waals surface area contributed by atoms with Gasteiger partial charge in [-0.15, -0.1) is 0 Å². The van der Waals surface area contributed by atoms with Crippen LogP contribution in [0.25, 0.3) is 0 Å². The SMILES string of the molecule is O=C(O)C1CC1Nc1cc(NC2CCCC2)ncn1. The van der Waals surface area contributed by atoms with E-state index in [0.29, 0.717) is 18.3 Å². The third-order valence-corrected chi connectivity index (χ3v) is 3.82. The highest BCUT2D eigenvalue weighted by Gasteiger charge is 2.43. The molecule has 2 saturated carbocycles. The molecule has 1 aromatic heterocycles. The largest absolute Gasteiger partial charge is 0.481 e. The number of carboxylic acids is 1. The van der Waals surface area contributed by atoms with E-state index in [-0.39, 0.29) is 12.0 Å². The Morgan fingerprint density at radius 2 is 1.89 bits per heavy atom. The standard InChI is InChI=1S/C13H18N4O2/c18-13(19)9-5-10(9)17-12-6-11(14-7-15-12)16-8-3-1-2-4-8/h6-10H,1-5H2,(H,18,19)(H2,14,15,16,17). The van der Waals surface area contributed by atoms with Crippen LogP contribution in [0, 0.1) is 5.92 Å². The molecule has 3 rings (SSSR count). The molecule has 2 fully saturated rings. The van der Waals surface area contributed by atoms with E-state index in [9.17, 15) is 4.79 Å². The van der Waals surface area contributed by atoms with Crippen molar-refractivity contribution in [3.63, 3.8) is 0 Å². The highest BCUT2D eigenvalue weighted by Crippen LogP contribution is 2.33. The van der Waals surface area contributed by atoms with E-state index in [2.05, 4.69) is 20.6 Å². The Kier molecular flexibility index (Phi) is 3.23. The molecule has 6 nitrogen and oxygen atoms in total. The zero-order chi connectivity index (χ0) is 13.2. The number of aromatic nitrogens is 2. The second-order valence-corrected chi connectivity index (χ2v) is 5.35. The number of nitrogens with zero attached hydrogens (tertiary/aromatic N) is 2. The van der Waals surface area contributed by atoms with Gasteiger partial charge >= 0.3 is 5.97 Å². The maximum atomic E-state index is 10.8. The number of nitrogens with one attached hydrogen (secondary N) is 2. The lowest BCUT2D eigenvalue weighted by molar-refractivity contribution is -0.138. The normalized spacial score (nSPS) is 26.1. The van der Waals surface area contributed by atoms with E-state index >= 15 is 0 Å². The van der Waals surface area contributed by atoms with Crippen molar-refractivity contribution in [3.8, 4) is 0 Å². The van der Waals surface area contributed by atoms with Crippen molar-refractivity contribution < 1.29 is 9.90 Å². The first-order valence-corrected chi connectivity index (χ1v) is 6.80. The Morgan fingerprint density at radius 1 is 1.21 bits per heavy atom. The molecule has 0 aliphatic heterocycles. The van der Waals surface area contributed by atoms with Crippen molar-refractivity contribution in [1.82, 2.24) is 9.97 Å². The van der Waals surface area contributed by atoms with Crippen molar-refractivity contribution >= 4 is 17.6 Å². The van der Waals surface area contributed by atoms with Gasteiger partial charge in [-0.2, -0.15) is 0 Å². The van der Waals surface area contributed by atoms with Gasteiger partial charge in [0.1, 0.15) is 18.0 Å².